The molecule has 1 aromatic heterocycles. The van der Waals surface area contributed by atoms with Crippen LogP contribution in [0.15, 0.2) is 67.1 Å². The van der Waals surface area contributed by atoms with Crippen molar-refractivity contribution in [1.29, 1.82) is 0 Å². The van der Waals surface area contributed by atoms with Gasteiger partial charge in [-0.25, -0.2) is 4.98 Å². The quantitative estimate of drug-likeness (QED) is 0.366. The van der Waals surface area contributed by atoms with Gasteiger partial charge in [-0.15, -0.1) is 0 Å². The van der Waals surface area contributed by atoms with E-state index in [-0.39, 0.29) is 35.0 Å². The first-order valence-electron chi connectivity index (χ1n) is 12.4. The highest BCUT2D eigenvalue weighted by atomic mass is 79.9. The Morgan fingerprint density at radius 2 is 1.64 bits per heavy atom. The summed E-state index contributed by atoms with van der Waals surface area (Å²) in [6, 6.07) is 16.4. The Kier molecular flexibility index (Phi) is 6.90. The van der Waals surface area contributed by atoms with Crippen molar-refractivity contribution in [3.05, 3.63) is 89.4 Å². The number of nitrogens with one attached hydrogen (secondary N) is 1. The lowest BCUT2D eigenvalue weighted by Crippen LogP contribution is -3.00. The highest BCUT2D eigenvalue weighted by Crippen LogP contribution is 2.40. The van der Waals surface area contributed by atoms with Gasteiger partial charge in [-0.3, -0.25) is 14.6 Å². The van der Waals surface area contributed by atoms with Crippen molar-refractivity contribution in [2.45, 2.75) is 31.3 Å². The smallest absolute Gasteiger partial charge is 0.318 e. The van der Waals surface area contributed by atoms with E-state index < -0.39 is 5.92 Å². The number of quaternary nitrogens is 1. The van der Waals surface area contributed by atoms with E-state index in [1.807, 2.05) is 24.3 Å². The van der Waals surface area contributed by atoms with Gasteiger partial charge in [-0.2, -0.15) is 0 Å². The van der Waals surface area contributed by atoms with Gasteiger partial charge in [0, 0.05) is 31.2 Å². The zero-order chi connectivity index (χ0) is 23.8. The number of anilines is 1. The predicted molar refractivity (Wildman–Crippen MR) is 131 cm³/mol. The van der Waals surface area contributed by atoms with Crippen LogP contribution in [0.3, 0.4) is 0 Å². The first kappa shape index (κ1) is 24.6. The molecule has 7 nitrogen and oxygen atoms in total. The number of benzene rings is 2. The Morgan fingerprint density at radius 1 is 0.972 bits per heavy atom. The maximum absolute atomic E-state index is 13.7. The normalized spacial score (nSPS) is 24.1. The first-order chi connectivity index (χ1) is 17.1. The molecular weight excluding hydrogens is 520 g/mol. The van der Waals surface area contributed by atoms with Crippen molar-refractivity contribution in [3.63, 3.8) is 0 Å². The van der Waals surface area contributed by atoms with Crippen molar-refractivity contribution in [2.24, 2.45) is 5.92 Å². The third-order valence-electron chi connectivity index (χ3n) is 7.97. The van der Waals surface area contributed by atoms with Crippen molar-refractivity contribution in [1.82, 2.24) is 9.97 Å². The molecule has 36 heavy (non-hydrogen) atoms. The van der Waals surface area contributed by atoms with Crippen LogP contribution in [0.5, 0.6) is 0 Å². The maximum atomic E-state index is 13.7. The van der Waals surface area contributed by atoms with E-state index in [9.17, 15) is 9.59 Å². The lowest BCUT2D eigenvalue weighted by atomic mass is 9.78. The lowest BCUT2D eigenvalue weighted by Gasteiger charge is -2.51. The zero-order valence-corrected chi connectivity index (χ0v) is 21.6. The fourth-order valence-corrected chi connectivity index (χ4v) is 6.22. The van der Waals surface area contributed by atoms with E-state index in [1.165, 1.54) is 11.1 Å². The van der Waals surface area contributed by atoms with Gasteiger partial charge in [0.25, 0.3) is 5.91 Å². The molecule has 1 N–H and O–H groups in total. The second kappa shape index (κ2) is 10.1. The van der Waals surface area contributed by atoms with Gasteiger partial charge < -0.3 is 31.5 Å². The molecule has 3 aromatic rings. The summed E-state index contributed by atoms with van der Waals surface area (Å²) >= 11 is 0. The minimum Gasteiger partial charge on any atom is -1.00 e. The molecule has 4 aliphatic rings. The minimum absolute atomic E-state index is 0. The third-order valence-corrected chi connectivity index (χ3v) is 7.97. The van der Waals surface area contributed by atoms with E-state index in [0.29, 0.717) is 29.3 Å². The Hall–Kier alpha value is -3.10. The number of amides is 1. The molecule has 3 aliphatic heterocycles. The molecule has 1 aliphatic carbocycles. The molecule has 186 valence electrons. The maximum Gasteiger partial charge on any atom is 0.318 e. The largest absolute Gasteiger partial charge is 1.00 e. The summed E-state index contributed by atoms with van der Waals surface area (Å²) < 4.78 is 6.95. The standard InChI is InChI=1S/C28H28N4O3.BrH/c33-26(31-25-16-29-11-12-30-25)18-32-13-9-19(10-14-32)24(17-32)35-28(34)27-22-7-3-1-5-20(22)15-21-6-2-4-8-23(21)27;/h1-8,11-12,16,19,24,27H,9-10,13-15,17-18H2;1H/t19?,24-,32?;/m0./s1. The number of hydrogen-bond donors (Lipinski definition) is 1. The third kappa shape index (κ3) is 4.67. The number of fused-ring (bicyclic) bond motifs is 5. The molecule has 4 heterocycles. The Morgan fingerprint density at radius 3 is 2.28 bits per heavy atom. The summed E-state index contributed by atoms with van der Waals surface area (Å²) in [5.74, 6) is 0.160. The SMILES string of the molecule is O=C(C[N+]12CCC(CC1)[C@@H](OC(=O)C1c3ccccc3Cc3ccccc31)C2)Nc1cnccn1.[Br-]. The number of carbonyl (C=O) groups is 2. The van der Waals surface area contributed by atoms with E-state index in [4.69, 9.17) is 4.74 Å². The fourth-order valence-electron chi connectivity index (χ4n) is 6.22. The van der Waals surface area contributed by atoms with Crippen LogP contribution in [0.4, 0.5) is 5.82 Å². The molecule has 8 heteroatoms. The number of ether oxygens (including phenoxy) is 1. The molecule has 2 aromatic carbocycles. The van der Waals surface area contributed by atoms with Crippen LogP contribution in [0.25, 0.3) is 0 Å². The number of rotatable bonds is 5. The summed E-state index contributed by atoms with van der Waals surface area (Å²) in [4.78, 5) is 34.7. The molecule has 0 radical (unpaired) electrons. The molecule has 7 rings (SSSR count). The topological polar surface area (TPSA) is 81.2 Å². The van der Waals surface area contributed by atoms with Gasteiger partial charge in [-0.05, 0) is 28.7 Å². The van der Waals surface area contributed by atoms with Crippen LogP contribution in [0.2, 0.25) is 0 Å². The Bertz CT molecular complexity index is 1210. The number of piperidine rings is 3. The summed E-state index contributed by atoms with van der Waals surface area (Å²) in [5.41, 5.74) is 4.46. The molecule has 1 atom stereocenters. The van der Waals surface area contributed by atoms with Crippen molar-refractivity contribution < 1.29 is 35.8 Å². The summed E-state index contributed by atoms with van der Waals surface area (Å²) in [6.45, 7) is 2.90. The minimum atomic E-state index is -0.403. The molecular formula is C28H29BrN4O3. The van der Waals surface area contributed by atoms with Gasteiger partial charge in [-0.1, -0.05) is 48.5 Å². The lowest BCUT2D eigenvalue weighted by molar-refractivity contribution is -0.938. The van der Waals surface area contributed by atoms with Crippen LogP contribution in [-0.4, -0.2) is 58.6 Å². The van der Waals surface area contributed by atoms with Crippen LogP contribution < -0.4 is 22.3 Å². The summed E-state index contributed by atoms with van der Waals surface area (Å²) in [6.07, 6.45) is 7.28. The number of nitrogens with zero attached hydrogens (tertiary/aromatic N) is 3. The van der Waals surface area contributed by atoms with Crippen LogP contribution in [0.1, 0.15) is 41.0 Å². The predicted octanol–water partition coefficient (Wildman–Crippen LogP) is 0.308. The van der Waals surface area contributed by atoms with Crippen LogP contribution in [-0.2, 0) is 20.7 Å². The van der Waals surface area contributed by atoms with E-state index in [1.54, 1.807) is 18.6 Å². The molecule has 3 fully saturated rings. The summed E-state index contributed by atoms with van der Waals surface area (Å²) in [7, 11) is 0. The number of hydrogen-bond acceptors (Lipinski definition) is 5. The van der Waals surface area contributed by atoms with Crippen LogP contribution in [0, 0.1) is 5.92 Å². The number of carbonyl (C=O) groups excluding carboxylic acids is 2. The average molecular weight is 549 g/mol. The second-order valence-electron chi connectivity index (χ2n) is 10.1. The van der Waals surface area contributed by atoms with Crippen molar-refractivity contribution in [2.75, 3.05) is 31.5 Å². The molecule has 0 saturated carbocycles. The molecule has 3 saturated heterocycles. The van der Waals surface area contributed by atoms with Gasteiger partial charge >= 0.3 is 5.97 Å². The fraction of sp³-hybridized carbons (Fsp3) is 0.357. The molecule has 0 unspecified atom stereocenters. The number of aromatic nitrogens is 2. The monoisotopic (exact) mass is 548 g/mol. The van der Waals surface area contributed by atoms with Crippen LogP contribution >= 0.6 is 0 Å². The highest BCUT2D eigenvalue weighted by molar-refractivity contribution is 5.90. The number of halogens is 1. The van der Waals surface area contributed by atoms with E-state index in [0.717, 1.165) is 43.5 Å². The Balaban J connectivity index is 0.00000267. The molecule has 1 amide bonds. The Labute approximate surface area is 221 Å². The number of esters is 1. The van der Waals surface area contributed by atoms with E-state index in [2.05, 4.69) is 39.6 Å². The summed E-state index contributed by atoms with van der Waals surface area (Å²) in [5, 5.41) is 2.86. The molecule has 0 spiro atoms. The second-order valence-corrected chi connectivity index (χ2v) is 10.1. The van der Waals surface area contributed by atoms with Gasteiger partial charge in [0.2, 0.25) is 0 Å². The average Bonchev–Trinajstić information content (AvgIpc) is 2.88. The molecule has 2 bridgehead atoms. The van der Waals surface area contributed by atoms with E-state index >= 15 is 0 Å². The highest BCUT2D eigenvalue weighted by Gasteiger charge is 2.49. The van der Waals surface area contributed by atoms with Gasteiger partial charge in [0.05, 0.1) is 19.3 Å². The zero-order valence-electron chi connectivity index (χ0n) is 20.0. The first-order valence-corrected chi connectivity index (χ1v) is 12.4. The van der Waals surface area contributed by atoms with Crippen molar-refractivity contribution >= 4 is 17.7 Å². The van der Waals surface area contributed by atoms with Gasteiger partial charge in [0.15, 0.2) is 18.5 Å². The van der Waals surface area contributed by atoms with Gasteiger partial charge in [0.1, 0.15) is 12.5 Å². The van der Waals surface area contributed by atoms with Crippen molar-refractivity contribution in [3.8, 4) is 0 Å².